The standard InChI is InChI=1S/C13H23N3O4/c1-14(2)10-4-3-5-15(8-10)13(19)16-6-7-20-11(9-16)12(17)18/h10-11H,3-9H2,1-2H3,(H,17,18). The molecular formula is C13H23N3O4. The summed E-state index contributed by atoms with van der Waals surface area (Å²) in [6, 6.07) is 0.315. The van der Waals surface area contributed by atoms with E-state index in [1.807, 2.05) is 19.0 Å². The Kier molecular flexibility index (Phi) is 4.82. The monoisotopic (exact) mass is 285 g/mol. The molecule has 0 saturated carbocycles. The number of carbonyl (C=O) groups is 2. The zero-order chi connectivity index (χ0) is 14.7. The number of morpholine rings is 1. The molecule has 114 valence electrons. The molecule has 2 saturated heterocycles. The van der Waals surface area contributed by atoms with Gasteiger partial charge in [0.15, 0.2) is 6.10 Å². The molecule has 2 aliphatic rings. The van der Waals surface area contributed by atoms with Gasteiger partial charge in [0.2, 0.25) is 0 Å². The number of carboxylic acid groups (broad SMARTS) is 1. The molecule has 20 heavy (non-hydrogen) atoms. The number of likely N-dealkylation sites (tertiary alicyclic amines) is 1. The molecule has 0 bridgehead atoms. The maximum absolute atomic E-state index is 12.5. The number of nitrogens with zero attached hydrogens (tertiary/aromatic N) is 3. The number of carbonyl (C=O) groups excluding carboxylic acids is 1. The topological polar surface area (TPSA) is 73.3 Å². The summed E-state index contributed by atoms with van der Waals surface area (Å²) in [6.45, 7) is 2.34. The molecule has 2 aliphatic heterocycles. The van der Waals surface area contributed by atoms with Crippen LogP contribution < -0.4 is 0 Å². The van der Waals surface area contributed by atoms with Gasteiger partial charge in [-0.15, -0.1) is 0 Å². The van der Waals surface area contributed by atoms with Crippen LogP contribution in [0.3, 0.4) is 0 Å². The van der Waals surface area contributed by atoms with Gasteiger partial charge in [-0.3, -0.25) is 0 Å². The van der Waals surface area contributed by atoms with Gasteiger partial charge >= 0.3 is 12.0 Å². The third-order valence-electron chi connectivity index (χ3n) is 4.01. The molecule has 0 aromatic carbocycles. The number of hydrogen-bond donors (Lipinski definition) is 1. The van der Waals surface area contributed by atoms with E-state index in [1.165, 1.54) is 0 Å². The molecule has 2 heterocycles. The van der Waals surface area contributed by atoms with Gasteiger partial charge in [0.05, 0.1) is 13.2 Å². The van der Waals surface area contributed by atoms with Crippen molar-refractivity contribution in [2.24, 2.45) is 0 Å². The summed E-state index contributed by atoms with van der Waals surface area (Å²) in [6.07, 6.45) is 1.18. The number of hydrogen-bond acceptors (Lipinski definition) is 4. The molecule has 0 aliphatic carbocycles. The molecule has 0 radical (unpaired) electrons. The fourth-order valence-electron chi connectivity index (χ4n) is 2.72. The Bertz CT molecular complexity index is 375. The van der Waals surface area contributed by atoms with Crippen LogP contribution in [0.4, 0.5) is 4.79 Å². The maximum Gasteiger partial charge on any atom is 0.334 e. The van der Waals surface area contributed by atoms with Gasteiger partial charge < -0.3 is 24.5 Å². The molecule has 2 atom stereocenters. The Hall–Kier alpha value is -1.34. The first-order valence-corrected chi connectivity index (χ1v) is 7.03. The Morgan fingerprint density at radius 2 is 1.90 bits per heavy atom. The quantitative estimate of drug-likeness (QED) is 0.768. The van der Waals surface area contributed by atoms with Crippen molar-refractivity contribution in [3.8, 4) is 0 Å². The first-order chi connectivity index (χ1) is 9.49. The average Bonchev–Trinajstić information content (AvgIpc) is 2.46. The number of likely N-dealkylation sites (N-methyl/N-ethyl adjacent to an activating group) is 1. The predicted octanol–water partition coefficient (Wildman–Crippen LogP) is -0.0822. The highest BCUT2D eigenvalue weighted by atomic mass is 16.5. The highest BCUT2D eigenvalue weighted by Gasteiger charge is 2.33. The number of aliphatic carboxylic acids is 1. The van der Waals surface area contributed by atoms with Crippen molar-refractivity contribution in [2.75, 3.05) is 46.9 Å². The molecule has 7 heteroatoms. The number of amides is 2. The Morgan fingerprint density at radius 1 is 1.20 bits per heavy atom. The fraction of sp³-hybridized carbons (Fsp3) is 0.846. The molecular weight excluding hydrogens is 262 g/mol. The van der Waals surface area contributed by atoms with Crippen molar-refractivity contribution in [3.63, 3.8) is 0 Å². The summed E-state index contributed by atoms with van der Waals surface area (Å²) in [4.78, 5) is 29.0. The highest BCUT2D eigenvalue weighted by Crippen LogP contribution is 2.17. The van der Waals surface area contributed by atoms with E-state index in [4.69, 9.17) is 9.84 Å². The summed E-state index contributed by atoms with van der Waals surface area (Å²) in [7, 11) is 4.04. The van der Waals surface area contributed by atoms with E-state index >= 15 is 0 Å². The number of piperidine rings is 1. The second-order valence-electron chi connectivity index (χ2n) is 5.63. The van der Waals surface area contributed by atoms with Crippen molar-refractivity contribution in [1.82, 2.24) is 14.7 Å². The molecule has 0 aromatic rings. The third kappa shape index (κ3) is 3.40. The Morgan fingerprint density at radius 3 is 2.55 bits per heavy atom. The van der Waals surface area contributed by atoms with Crippen LogP contribution in [0, 0.1) is 0 Å². The van der Waals surface area contributed by atoms with Gasteiger partial charge in [0.1, 0.15) is 0 Å². The summed E-state index contributed by atoms with van der Waals surface area (Å²) in [5.74, 6) is -1.01. The minimum atomic E-state index is -1.01. The molecule has 2 amide bonds. The Labute approximate surface area is 119 Å². The molecule has 0 aromatic heterocycles. The van der Waals surface area contributed by atoms with E-state index in [2.05, 4.69) is 4.90 Å². The van der Waals surface area contributed by atoms with E-state index in [0.717, 1.165) is 19.4 Å². The lowest BCUT2D eigenvalue weighted by atomic mass is 10.1. The number of urea groups is 1. The Balaban J connectivity index is 1.94. The molecule has 2 rings (SSSR count). The third-order valence-corrected chi connectivity index (χ3v) is 4.01. The fourth-order valence-corrected chi connectivity index (χ4v) is 2.72. The van der Waals surface area contributed by atoms with E-state index in [-0.39, 0.29) is 19.2 Å². The van der Waals surface area contributed by atoms with E-state index in [9.17, 15) is 9.59 Å². The highest BCUT2D eigenvalue weighted by molar-refractivity contribution is 5.77. The average molecular weight is 285 g/mol. The number of rotatable bonds is 2. The van der Waals surface area contributed by atoms with Gasteiger partial charge in [-0.05, 0) is 26.9 Å². The number of ether oxygens (including phenoxy) is 1. The predicted molar refractivity (Wildman–Crippen MR) is 72.6 cm³/mol. The molecule has 7 nitrogen and oxygen atoms in total. The van der Waals surface area contributed by atoms with Gasteiger partial charge in [-0.25, -0.2) is 9.59 Å². The summed E-state index contributed by atoms with van der Waals surface area (Å²) in [5, 5.41) is 8.98. The van der Waals surface area contributed by atoms with Gasteiger partial charge in [-0.1, -0.05) is 0 Å². The van der Waals surface area contributed by atoms with Gasteiger partial charge in [0, 0.05) is 25.7 Å². The lowest BCUT2D eigenvalue weighted by Gasteiger charge is -2.40. The van der Waals surface area contributed by atoms with Crippen molar-refractivity contribution < 1.29 is 19.4 Å². The molecule has 2 fully saturated rings. The van der Waals surface area contributed by atoms with Gasteiger partial charge in [-0.2, -0.15) is 0 Å². The zero-order valence-electron chi connectivity index (χ0n) is 12.1. The van der Waals surface area contributed by atoms with E-state index < -0.39 is 12.1 Å². The lowest BCUT2D eigenvalue weighted by Crippen LogP contribution is -2.56. The van der Waals surface area contributed by atoms with Crippen LogP contribution in [0.5, 0.6) is 0 Å². The first kappa shape index (κ1) is 15.1. The second-order valence-corrected chi connectivity index (χ2v) is 5.63. The van der Waals surface area contributed by atoms with E-state index in [0.29, 0.717) is 19.1 Å². The summed E-state index contributed by atoms with van der Waals surface area (Å²) in [5.41, 5.74) is 0. The zero-order valence-corrected chi connectivity index (χ0v) is 12.1. The van der Waals surface area contributed by atoms with Crippen molar-refractivity contribution in [1.29, 1.82) is 0 Å². The minimum absolute atomic E-state index is 0.0638. The molecule has 2 unspecified atom stereocenters. The van der Waals surface area contributed by atoms with Crippen LogP contribution in [0.2, 0.25) is 0 Å². The van der Waals surface area contributed by atoms with E-state index in [1.54, 1.807) is 4.90 Å². The second kappa shape index (κ2) is 6.41. The number of carboxylic acids is 1. The first-order valence-electron chi connectivity index (χ1n) is 7.03. The smallest absolute Gasteiger partial charge is 0.334 e. The van der Waals surface area contributed by atoms with Crippen LogP contribution in [-0.4, -0.2) is 90.8 Å². The summed E-state index contributed by atoms with van der Waals surface area (Å²) >= 11 is 0. The summed E-state index contributed by atoms with van der Waals surface area (Å²) < 4.78 is 5.15. The van der Waals surface area contributed by atoms with Gasteiger partial charge in [0.25, 0.3) is 0 Å². The minimum Gasteiger partial charge on any atom is -0.479 e. The van der Waals surface area contributed by atoms with Crippen LogP contribution in [0.15, 0.2) is 0 Å². The van der Waals surface area contributed by atoms with Crippen LogP contribution >= 0.6 is 0 Å². The van der Waals surface area contributed by atoms with Crippen molar-refractivity contribution in [3.05, 3.63) is 0 Å². The SMILES string of the molecule is CN(C)C1CCCN(C(=O)N2CCOC(C(=O)O)C2)C1. The normalized spacial score (nSPS) is 27.8. The molecule has 0 spiro atoms. The van der Waals surface area contributed by atoms with Crippen LogP contribution in [-0.2, 0) is 9.53 Å². The van der Waals surface area contributed by atoms with Crippen molar-refractivity contribution >= 4 is 12.0 Å². The lowest BCUT2D eigenvalue weighted by molar-refractivity contribution is -0.154. The maximum atomic E-state index is 12.5. The van der Waals surface area contributed by atoms with Crippen LogP contribution in [0.25, 0.3) is 0 Å². The molecule has 1 N–H and O–H groups in total. The van der Waals surface area contributed by atoms with Crippen LogP contribution in [0.1, 0.15) is 12.8 Å². The largest absolute Gasteiger partial charge is 0.479 e. The van der Waals surface area contributed by atoms with Crippen molar-refractivity contribution in [2.45, 2.75) is 25.0 Å².